The van der Waals surface area contributed by atoms with Gasteiger partial charge in [0.2, 0.25) is 0 Å². The summed E-state index contributed by atoms with van der Waals surface area (Å²) in [5, 5.41) is 10.5. The van der Waals surface area contributed by atoms with E-state index in [1.165, 1.54) is 6.07 Å². The zero-order valence-corrected chi connectivity index (χ0v) is 17.3. The maximum atomic E-state index is 14.1. The molecule has 1 aliphatic rings. The van der Waals surface area contributed by atoms with Crippen molar-refractivity contribution >= 4 is 33.8 Å². The van der Waals surface area contributed by atoms with Gasteiger partial charge in [-0.05, 0) is 19.1 Å². The van der Waals surface area contributed by atoms with E-state index in [2.05, 4.69) is 32.5 Å². The minimum absolute atomic E-state index is 0.00962. The van der Waals surface area contributed by atoms with Gasteiger partial charge in [0.05, 0.1) is 11.8 Å². The van der Waals surface area contributed by atoms with Gasteiger partial charge in [-0.25, -0.2) is 13.8 Å². The molecule has 30 heavy (non-hydrogen) atoms. The molecular weight excluding hydrogens is 412 g/mol. The number of benzene rings is 1. The lowest BCUT2D eigenvalue weighted by molar-refractivity contribution is 0.102. The number of aromatic nitrogens is 3. The van der Waals surface area contributed by atoms with Crippen LogP contribution in [0.5, 0.6) is 0 Å². The number of halogens is 2. The molecule has 0 spiro atoms. The van der Waals surface area contributed by atoms with Gasteiger partial charge < -0.3 is 21.3 Å². The Labute approximate surface area is 175 Å². The summed E-state index contributed by atoms with van der Waals surface area (Å²) >= 11 is 0.859. The summed E-state index contributed by atoms with van der Waals surface area (Å²) in [6, 6.07) is 3.74. The molecule has 1 fully saturated rings. The summed E-state index contributed by atoms with van der Waals surface area (Å²) in [6.07, 6.45) is 1.56. The fourth-order valence-electron chi connectivity index (χ4n) is 3.50. The number of nitrogens with two attached hydrogens (primary N) is 1. The van der Waals surface area contributed by atoms with Gasteiger partial charge in [-0.3, -0.25) is 9.48 Å². The maximum Gasteiger partial charge on any atom is 0.277 e. The zero-order valence-electron chi connectivity index (χ0n) is 16.4. The first-order valence-electron chi connectivity index (χ1n) is 9.38. The Bertz CT molecular complexity index is 1080. The van der Waals surface area contributed by atoms with E-state index >= 15 is 0 Å². The highest BCUT2D eigenvalue weighted by molar-refractivity contribution is 7.19. The van der Waals surface area contributed by atoms with Crippen molar-refractivity contribution in [2.45, 2.75) is 13.0 Å². The van der Waals surface area contributed by atoms with Gasteiger partial charge in [-0.1, -0.05) is 17.4 Å². The number of hydrogen-bond acceptors (Lipinski definition) is 7. The summed E-state index contributed by atoms with van der Waals surface area (Å²) in [7, 11) is 1.80. The number of carbonyl (C=O) groups excluding carboxylic acids is 1. The van der Waals surface area contributed by atoms with E-state index < -0.39 is 17.5 Å². The number of nitrogens with one attached hydrogen (secondary N) is 2. The number of thiazole rings is 1. The molecular formula is C19H21F2N7OS. The van der Waals surface area contributed by atoms with E-state index in [1.807, 2.05) is 0 Å². The molecule has 1 amide bonds. The van der Waals surface area contributed by atoms with Crippen LogP contribution in [-0.4, -0.2) is 46.3 Å². The second kappa shape index (κ2) is 8.00. The van der Waals surface area contributed by atoms with Gasteiger partial charge in [-0.15, -0.1) is 0 Å². The number of anilines is 3. The van der Waals surface area contributed by atoms with E-state index in [0.29, 0.717) is 5.69 Å². The number of nitrogen functional groups attached to an aromatic ring is 1. The van der Waals surface area contributed by atoms with Crippen LogP contribution in [0.3, 0.4) is 0 Å². The number of amides is 1. The van der Waals surface area contributed by atoms with Crippen molar-refractivity contribution in [2.75, 3.05) is 35.6 Å². The SMILES string of the molecule is C[C@H]1CNCCN1c1c(NC(=O)c2nc(-c3c(F)cccc3F)sc2N)cnn1C. The van der Waals surface area contributed by atoms with E-state index in [1.54, 1.807) is 17.9 Å². The van der Waals surface area contributed by atoms with Crippen LogP contribution in [0.15, 0.2) is 24.4 Å². The Morgan fingerprint density at radius 3 is 2.80 bits per heavy atom. The molecule has 1 saturated heterocycles. The van der Waals surface area contributed by atoms with Crippen LogP contribution in [0.4, 0.5) is 25.3 Å². The molecule has 3 heterocycles. The van der Waals surface area contributed by atoms with Crippen LogP contribution in [0.2, 0.25) is 0 Å². The smallest absolute Gasteiger partial charge is 0.277 e. The van der Waals surface area contributed by atoms with Crippen LogP contribution in [0.25, 0.3) is 10.6 Å². The number of hydrogen-bond donors (Lipinski definition) is 3. The fourth-order valence-corrected chi connectivity index (χ4v) is 4.38. The number of carbonyl (C=O) groups is 1. The Balaban J connectivity index is 1.63. The second-order valence-electron chi connectivity index (χ2n) is 7.03. The fraction of sp³-hybridized carbons (Fsp3) is 0.316. The lowest BCUT2D eigenvalue weighted by Crippen LogP contribution is -2.50. The first-order valence-corrected chi connectivity index (χ1v) is 10.2. The first-order chi connectivity index (χ1) is 14.4. The molecule has 158 valence electrons. The van der Waals surface area contributed by atoms with E-state index in [4.69, 9.17) is 5.73 Å². The highest BCUT2D eigenvalue weighted by Crippen LogP contribution is 2.34. The zero-order chi connectivity index (χ0) is 21.4. The van der Waals surface area contributed by atoms with Crippen LogP contribution in [0, 0.1) is 11.6 Å². The molecule has 0 saturated carbocycles. The number of piperazine rings is 1. The minimum Gasteiger partial charge on any atom is -0.389 e. The quantitative estimate of drug-likeness (QED) is 0.584. The Hall–Kier alpha value is -3.05. The molecule has 1 atom stereocenters. The lowest BCUT2D eigenvalue weighted by Gasteiger charge is -2.36. The molecule has 1 aromatic carbocycles. The number of nitrogens with zero attached hydrogens (tertiary/aromatic N) is 4. The first kappa shape index (κ1) is 20.2. The molecule has 1 aliphatic heterocycles. The van der Waals surface area contributed by atoms with Gasteiger partial charge in [0, 0.05) is 32.7 Å². The normalized spacial score (nSPS) is 16.7. The van der Waals surface area contributed by atoms with Crippen LogP contribution < -0.4 is 21.3 Å². The van der Waals surface area contributed by atoms with Gasteiger partial charge in [0.25, 0.3) is 5.91 Å². The average Bonchev–Trinajstić information content (AvgIpc) is 3.25. The van der Waals surface area contributed by atoms with E-state index in [0.717, 1.165) is 48.9 Å². The number of aryl methyl sites for hydroxylation is 1. The van der Waals surface area contributed by atoms with Gasteiger partial charge >= 0.3 is 0 Å². The Morgan fingerprint density at radius 2 is 2.10 bits per heavy atom. The third-order valence-corrected chi connectivity index (χ3v) is 5.88. The molecule has 0 aliphatic carbocycles. The Morgan fingerprint density at radius 1 is 1.37 bits per heavy atom. The molecule has 0 unspecified atom stereocenters. The summed E-state index contributed by atoms with van der Waals surface area (Å²) in [5.41, 5.74) is 6.08. The van der Waals surface area contributed by atoms with Crippen molar-refractivity contribution in [1.82, 2.24) is 20.1 Å². The van der Waals surface area contributed by atoms with Gasteiger partial charge in [-0.2, -0.15) is 5.10 Å². The second-order valence-corrected chi connectivity index (χ2v) is 8.07. The molecule has 8 nitrogen and oxygen atoms in total. The minimum atomic E-state index is -0.766. The van der Waals surface area contributed by atoms with Gasteiger partial charge in [0.1, 0.15) is 27.3 Å². The average molecular weight is 433 g/mol. The topological polar surface area (TPSA) is 101 Å². The highest BCUT2D eigenvalue weighted by atomic mass is 32.1. The molecule has 3 aromatic rings. The molecule has 0 bridgehead atoms. The van der Waals surface area contributed by atoms with Crippen molar-refractivity contribution in [2.24, 2.45) is 7.05 Å². The van der Waals surface area contributed by atoms with Crippen LogP contribution in [-0.2, 0) is 7.05 Å². The molecule has 4 N–H and O–H groups in total. The molecule has 4 rings (SSSR count). The van der Waals surface area contributed by atoms with E-state index in [-0.39, 0.29) is 27.3 Å². The molecule has 0 radical (unpaired) electrons. The van der Waals surface area contributed by atoms with Crippen molar-refractivity contribution in [3.8, 4) is 10.6 Å². The summed E-state index contributed by atoms with van der Waals surface area (Å²) < 4.78 is 29.9. The third-order valence-electron chi connectivity index (χ3n) is 4.97. The monoisotopic (exact) mass is 433 g/mol. The summed E-state index contributed by atoms with van der Waals surface area (Å²) in [6.45, 7) is 4.48. The largest absolute Gasteiger partial charge is 0.389 e. The van der Waals surface area contributed by atoms with Crippen molar-refractivity contribution in [3.63, 3.8) is 0 Å². The lowest BCUT2D eigenvalue weighted by atomic mass is 10.2. The van der Waals surface area contributed by atoms with E-state index in [9.17, 15) is 13.6 Å². The Kier molecular flexibility index (Phi) is 5.39. The molecule has 2 aromatic heterocycles. The van der Waals surface area contributed by atoms with Gasteiger partial charge in [0.15, 0.2) is 11.5 Å². The standard InChI is InChI=1S/C19H21F2N7OS/c1-10-8-23-6-7-28(10)19-13(9-24-27(19)2)25-17(29)15-16(22)30-18(26-15)14-11(20)4-3-5-12(14)21/h3-5,9-10,23H,6-8,22H2,1-2H3,(H,25,29)/t10-/m0/s1. The van der Waals surface area contributed by atoms with Crippen molar-refractivity contribution < 1.29 is 13.6 Å². The predicted octanol–water partition coefficient (Wildman–Crippen LogP) is 2.45. The van der Waals surface area contributed by atoms with Crippen molar-refractivity contribution in [3.05, 3.63) is 41.7 Å². The summed E-state index contributed by atoms with van der Waals surface area (Å²) in [5.74, 6) is -1.33. The maximum absolute atomic E-state index is 14.1. The van der Waals surface area contributed by atoms with Crippen molar-refractivity contribution in [1.29, 1.82) is 0 Å². The number of rotatable bonds is 4. The molecule has 11 heteroatoms. The van der Waals surface area contributed by atoms with Crippen LogP contribution >= 0.6 is 11.3 Å². The van der Waals surface area contributed by atoms with Crippen LogP contribution in [0.1, 0.15) is 17.4 Å². The highest BCUT2D eigenvalue weighted by Gasteiger charge is 2.27. The third kappa shape index (κ3) is 3.61. The predicted molar refractivity (Wildman–Crippen MR) is 113 cm³/mol. The summed E-state index contributed by atoms with van der Waals surface area (Å²) in [4.78, 5) is 19.1.